The summed E-state index contributed by atoms with van der Waals surface area (Å²) in [5.41, 5.74) is 1.60. The molecule has 124 valence electrons. The number of aromatic nitrogens is 1. The highest BCUT2D eigenvalue weighted by Crippen LogP contribution is 2.15. The van der Waals surface area contributed by atoms with Crippen molar-refractivity contribution in [1.82, 2.24) is 10.3 Å². The molecule has 0 fully saturated rings. The van der Waals surface area contributed by atoms with Crippen molar-refractivity contribution in [2.24, 2.45) is 0 Å². The first-order valence-corrected chi connectivity index (χ1v) is 7.59. The fourth-order valence-electron chi connectivity index (χ4n) is 2.03. The highest BCUT2D eigenvalue weighted by molar-refractivity contribution is 5.92. The average Bonchev–Trinajstić information content (AvgIpc) is 2.64. The van der Waals surface area contributed by atoms with Crippen molar-refractivity contribution in [2.75, 3.05) is 13.2 Å². The fraction of sp³-hybridized carbons (Fsp3) is 0.278. The number of aliphatic hydroxyl groups is 1. The van der Waals surface area contributed by atoms with Gasteiger partial charge in [-0.3, -0.25) is 4.79 Å². The molecular formula is C18H19N3O3. The molecule has 2 rings (SSSR count). The predicted molar refractivity (Wildman–Crippen MR) is 88.1 cm³/mol. The van der Waals surface area contributed by atoms with Gasteiger partial charge in [-0.1, -0.05) is 30.3 Å². The third kappa shape index (κ3) is 5.16. The van der Waals surface area contributed by atoms with E-state index in [2.05, 4.69) is 10.3 Å². The normalized spacial score (nSPS) is 12.9. The van der Waals surface area contributed by atoms with Gasteiger partial charge in [0.1, 0.15) is 11.8 Å². The standard InChI is InChI=1S/C18H19N3O3/c1-13(15-5-3-2-4-6-15)24-12-16(22)11-21-18(23)17-8-7-14(9-19)10-20-17/h2-8,10,13,16,22H,11-12H2,1H3,(H,21,23). The average molecular weight is 325 g/mol. The van der Waals surface area contributed by atoms with E-state index in [9.17, 15) is 9.90 Å². The van der Waals surface area contributed by atoms with Gasteiger partial charge in [0, 0.05) is 12.7 Å². The maximum absolute atomic E-state index is 11.9. The van der Waals surface area contributed by atoms with E-state index in [0.29, 0.717) is 5.56 Å². The van der Waals surface area contributed by atoms with Crippen LogP contribution in [-0.2, 0) is 4.74 Å². The molecule has 2 atom stereocenters. The number of carbonyl (C=O) groups excluding carboxylic acids is 1. The van der Waals surface area contributed by atoms with E-state index in [0.717, 1.165) is 5.56 Å². The first kappa shape index (κ1) is 17.6. The maximum Gasteiger partial charge on any atom is 0.269 e. The van der Waals surface area contributed by atoms with Crippen LogP contribution in [0, 0.1) is 11.3 Å². The highest BCUT2D eigenvalue weighted by atomic mass is 16.5. The summed E-state index contributed by atoms with van der Waals surface area (Å²) in [4.78, 5) is 15.8. The van der Waals surface area contributed by atoms with Gasteiger partial charge in [-0.25, -0.2) is 4.98 Å². The molecule has 1 aromatic carbocycles. The molecule has 1 aromatic heterocycles. The Morgan fingerprint density at radius 2 is 2.08 bits per heavy atom. The lowest BCUT2D eigenvalue weighted by molar-refractivity contribution is -0.00173. The van der Waals surface area contributed by atoms with Crippen molar-refractivity contribution < 1.29 is 14.6 Å². The number of amides is 1. The Kier molecular flexibility index (Phi) is 6.43. The molecule has 6 nitrogen and oxygen atoms in total. The largest absolute Gasteiger partial charge is 0.389 e. The quantitative estimate of drug-likeness (QED) is 0.809. The molecule has 1 amide bonds. The number of aliphatic hydroxyl groups excluding tert-OH is 1. The Balaban J connectivity index is 1.75. The Morgan fingerprint density at radius 3 is 2.71 bits per heavy atom. The molecule has 0 aliphatic rings. The van der Waals surface area contributed by atoms with Gasteiger partial charge in [0.05, 0.1) is 24.4 Å². The number of nitrogens with zero attached hydrogens (tertiary/aromatic N) is 2. The van der Waals surface area contributed by atoms with Gasteiger partial charge in [-0.2, -0.15) is 5.26 Å². The summed E-state index contributed by atoms with van der Waals surface area (Å²) in [5, 5.41) is 21.2. The number of carbonyl (C=O) groups is 1. The molecule has 0 saturated heterocycles. The smallest absolute Gasteiger partial charge is 0.269 e. The van der Waals surface area contributed by atoms with Crippen LogP contribution in [0.4, 0.5) is 0 Å². The molecule has 0 aliphatic carbocycles. The van der Waals surface area contributed by atoms with Gasteiger partial charge in [0.2, 0.25) is 0 Å². The molecule has 2 N–H and O–H groups in total. The van der Waals surface area contributed by atoms with Gasteiger partial charge in [0.25, 0.3) is 5.91 Å². The molecule has 2 unspecified atom stereocenters. The van der Waals surface area contributed by atoms with E-state index in [1.54, 1.807) is 0 Å². The Labute approximate surface area is 140 Å². The summed E-state index contributed by atoms with van der Waals surface area (Å²) in [6.45, 7) is 2.07. The van der Waals surface area contributed by atoms with Crippen LogP contribution >= 0.6 is 0 Å². The molecule has 6 heteroatoms. The number of ether oxygens (including phenoxy) is 1. The van der Waals surface area contributed by atoms with Crippen molar-refractivity contribution >= 4 is 5.91 Å². The van der Waals surface area contributed by atoms with Crippen molar-refractivity contribution in [3.8, 4) is 6.07 Å². The first-order chi connectivity index (χ1) is 11.6. The lowest BCUT2D eigenvalue weighted by Gasteiger charge is -2.17. The zero-order valence-electron chi connectivity index (χ0n) is 13.3. The number of nitriles is 1. The third-order valence-corrected chi connectivity index (χ3v) is 3.43. The van der Waals surface area contributed by atoms with Crippen LogP contribution in [0.25, 0.3) is 0 Å². The van der Waals surface area contributed by atoms with E-state index in [1.807, 2.05) is 43.3 Å². The molecule has 0 saturated carbocycles. The van der Waals surface area contributed by atoms with Crippen molar-refractivity contribution in [1.29, 1.82) is 5.26 Å². The topological polar surface area (TPSA) is 95.2 Å². The minimum absolute atomic E-state index is 0.0576. The molecule has 0 radical (unpaired) electrons. The van der Waals surface area contributed by atoms with Crippen LogP contribution in [0.5, 0.6) is 0 Å². The summed E-state index contributed by atoms with van der Waals surface area (Å²) < 4.78 is 5.61. The number of rotatable bonds is 7. The molecule has 2 aromatic rings. The Hall–Kier alpha value is -2.75. The minimum atomic E-state index is -0.821. The SMILES string of the molecule is CC(OCC(O)CNC(=O)c1ccc(C#N)cn1)c1ccccc1. The zero-order valence-corrected chi connectivity index (χ0v) is 13.3. The lowest BCUT2D eigenvalue weighted by Crippen LogP contribution is -2.35. The summed E-state index contributed by atoms with van der Waals surface area (Å²) in [6, 6.07) is 14.6. The molecule has 0 spiro atoms. The van der Waals surface area contributed by atoms with Crippen LogP contribution in [0.3, 0.4) is 0 Å². The molecule has 1 heterocycles. The minimum Gasteiger partial charge on any atom is -0.389 e. The van der Waals surface area contributed by atoms with Crippen molar-refractivity contribution in [2.45, 2.75) is 19.1 Å². The van der Waals surface area contributed by atoms with Crippen LogP contribution in [0.15, 0.2) is 48.7 Å². The monoisotopic (exact) mass is 325 g/mol. The van der Waals surface area contributed by atoms with Crippen LogP contribution in [-0.4, -0.2) is 35.3 Å². The van der Waals surface area contributed by atoms with Crippen LogP contribution in [0.2, 0.25) is 0 Å². The summed E-state index contributed by atoms with van der Waals surface area (Å²) in [5.74, 6) is -0.408. The Morgan fingerprint density at radius 1 is 1.33 bits per heavy atom. The molecule has 0 aliphatic heterocycles. The van der Waals surface area contributed by atoms with Crippen molar-refractivity contribution in [3.63, 3.8) is 0 Å². The molecule has 24 heavy (non-hydrogen) atoms. The number of nitrogens with one attached hydrogen (secondary N) is 1. The number of hydrogen-bond acceptors (Lipinski definition) is 5. The molecule has 0 bridgehead atoms. The first-order valence-electron chi connectivity index (χ1n) is 7.59. The second kappa shape index (κ2) is 8.77. The van der Waals surface area contributed by atoms with E-state index < -0.39 is 12.0 Å². The second-order valence-electron chi connectivity index (χ2n) is 5.29. The number of benzene rings is 1. The van der Waals surface area contributed by atoms with Crippen LogP contribution in [0.1, 0.15) is 34.6 Å². The van der Waals surface area contributed by atoms with Gasteiger partial charge >= 0.3 is 0 Å². The van der Waals surface area contributed by atoms with E-state index >= 15 is 0 Å². The zero-order chi connectivity index (χ0) is 17.4. The Bertz CT molecular complexity index is 696. The number of pyridine rings is 1. The highest BCUT2D eigenvalue weighted by Gasteiger charge is 2.12. The van der Waals surface area contributed by atoms with Gasteiger partial charge in [-0.15, -0.1) is 0 Å². The van der Waals surface area contributed by atoms with E-state index in [4.69, 9.17) is 10.00 Å². The van der Waals surface area contributed by atoms with E-state index in [-0.39, 0.29) is 24.9 Å². The van der Waals surface area contributed by atoms with Crippen molar-refractivity contribution in [3.05, 3.63) is 65.5 Å². The van der Waals surface area contributed by atoms with Gasteiger partial charge in [-0.05, 0) is 24.6 Å². The predicted octanol–water partition coefficient (Wildman–Crippen LogP) is 1.82. The third-order valence-electron chi connectivity index (χ3n) is 3.43. The fourth-order valence-corrected chi connectivity index (χ4v) is 2.03. The maximum atomic E-state index is 11.9. The second-order valence-corrected chi connectivity index (χ2v) is 5.29. The lowest BCUT2D eigenvalue weighted by atomic mass is 10.1. The van der Waals surface area contributed by atoms with Gasteiger partial charge in [0.15, 0.2) is 0 Å². The summed E-state index contributed by atoms with van der Waals surface area (Å²) in [6.07, 6.45) is 0.367. The van der Waals surface area contributed by atoms with Gasteiger partial charge < -0.3 is 15.2 Å². The van der Waals surface area contributed by atoms with E-state index in [1.165, 1.54) is 18.3 Å². The van der Waals surface area contributed by atoms with Crippen LogP contribution < -0.4 is 5.32 Å². The summed E-state index contributed by atoms with van der Waals surface area (Å²) >= 11 is 0. The molecular weight excluding hydrogens is 306 g/mol. The summed E-state index contributed by atoms with van der Waals surface area (Å²) in [7, 11) is 0. The number of hydrogen-bond donors (Lipinski definition) is 2.